The zero-order valence-corrected chi connectivity index (χ0v) is 12.2. The number of aromatic nitrogens is 3. The van der Waals surface area contributed by atoms with Crippen molar-refractivity contribution >= 4 is 12.7 Å². The van der Waals surface area contributed by atoms with Crippen molar-refractivity contribution in [2.24, 2.45) is 0 Å². The van der Waals surface area contributed by atoms with Crippen LogP contribution in [0.3, 0.4) is 0 Å². The van der Waals surface area contributed by atoms with Crippen LogP contribution in [-0.4, -0.2) is 33.1 Å². The molecule has 1 aliphatic rings. The Morgan fingerprint density at radius 1 is 1.24 bits per heavy atom. The van der Waals surface area contributed by atoms with E-state index in [-0.39, 0.29) is 17.5 Å². The Balaban J connectivity index is 2.19. The second-order valence-electron chi connectivity index (χ2n) is 5.79. The largest absolute Gasteiger partial charge is 0.514 e. The van der Waals surface area contributed by atoms with Crippen molar-refractivity contribution in [3.63, 3.8) is 0 Å². The van der Waals surface area contributed by atoms with E-state index < -0.39 is 55.2 Å². The Bertz CT molecular complexity index is 973. The fourth-order valence-electron chi connectivity index (χ4n) is 1.84. The normalized spacial score (nSPS) is 26.0. The highest BCUT2D eigenvalue weighted by Gasteiger charge is 2.52. The molecule has 0 bridgehead atoms. The molecule has 0 saturated carbocycles. The van der Waals surface area contributed by atoms with Gasteiger partial charge in [0.15, 0.2) is 5.82 Å². The lowest BCUT2D eigenvalue weighted by Gasteiger charge is -2.32. The minimum absolute atomic E-state index is 0.0866. The van der Waals surface area contributed by atoms with Crippen LogP contribution in [0.1, 0.15) is 44.2 Å². The summed E-state index contributed by atoms with van der Waals surface area (Å²) in [6.45, 7) is 4.48. The molecule has 0 atom stereocenters. The lowest BCUT2D eigenvalue weighted by Crippen LogP contribution is -2.41. The third kappa shape index (κ3) is 2.49. The van der Waals surface area contributed by atoms with Crippen LogP contribution in [0.4, 0.5) is 0 Å². The van der Waals surface area contributed by atoms with Crippen molar-refractivity contribution in [3.8, 4) is 5.82 Å². The summed E-state index contributed by atoms with van der Waals surface area (Å²) >= 11 is 0. The van der Waals surface area contributed by atoms with Gasteiger partial charge in [0.2, 0.25) is 0 Å². The molecule has 1 fully saturated rings. The second-order valence-corrected chi connectivity index (χ2v) is 5.79. The number of nitrogens with zero attached hydrogens (tertiary/aromatic N) is 3. The van der Waals surface area contributed by atoms with Crippen molar-refractivity contribution in [3.05, 3.63) is 36.0 Å². The van der Waals surface area contributed by atoms with Crippen LogP contribution in [-0.2, 0) is 9.31 Å². The SMILES string of the molecule is [2H]c1nn(-c2nc(B3OC(C)(C)C(C)(C)O3)c([2H])c([2H])c2[2H])c([2H])c1C([2H])([2H])[2H]. The van der Waals surface area contributed by atoms with Gasteiger partial charge in [-0.1, -0.05) is 6.04 Å². The van der Waals surface area contributed by atoms with Crippen LogP contribution in [0.2, 0.25) is 0 Å². The zero-order valence-electron chi connectivity index (χ0n) is 20.2. The summed E-state index contributed by atoms with van der Waals surface area (Å²) in [6, 6.07) is -1.40. The van der Waals surface area contributed by atoms with Crippen LogP contribution >= 0.6 is 0 Å². The van der Waals surface area contributed by atoms with Gasteiger partial charge in [-0.3, -0.25) is 0 Å². The maximum absolute atomic E-state index is 8.19. The average Bonchev–Trinajstić information content (AvgIpc) is 2.97. The molecule has 2 aromatic heterocycles. The van der Waals surface area contributed by atoms with Crippen molar-refractivity contribution < 1.29 is 20.3 Å². The number of hydrogen-bond donors (Lipinski definition) is 0. The quantitative estimate of drug-likeness (QED) is 0.793. The molecule has 0 aromatic carbocycles. The highest BCUT2D eigenvalue weighted by atomic mass is 16.7. The molecular weight excluding hydrogens is 265 g/mol. The van der Waals surface area contributed by atoms with Gasteiger partial charge in [0, 0.05) is 10.3 Å². The summed E-state index contributed by atoms with van der Waals surface area (Å²) in [4.78, 5) is 4.18. The van der Waals surface area contributed by atoms with Crippen LogP contribution in [0, 0.1) is 6.85 Å². The molecule has 0 aliphatic carbocycles. The summed E-state index contributed by atoms with van der Waals surface area (Å²) in [6.07, 6.45) is -1.28. The Kier molecular flexibility index (Phi) is 1.68. The topological polar surface area (TPSA) is 49.2 Å². The van der Waals surface area contributed by atoms with Gasteiger partial charge in [-0.15, -0.1) is 0 Å². The molecule has 1 aliphatic heterocycles. The van der Waals surface area contributed by atoms with Crippen LogP contribution in [0.15, 0.2) is 30.5 Å². The smallest absolute Gasteiger partial charge is 0.398 e. The maximum Gasteiger partial charge on any atom is 0.514 e. The number of pyridine rings is 1. The van der Waals surface area contributed by atoms with E-state index in [4.69, 9.17) is 20.3 Å². The van der Waals surface area contributed by atoms with Crippen LogP contribution < -0.4 is 5.59 Å². The van der Waals surface area contributed by atoms with E-state index in [0.29, 0.717) is 0 Å². The minimum atomic E-state index is -2.75. The molecule has 21 heavy (non-hydrogen) atoms. The summed E-state index contributed by atoms with van der Waals surface area (Å²) in [5, 5.41) is 3.73. The molecule has 1 saturated heterocycles. The van der Waals surface area contributed by atoms with E-state index in [1.807, 2.05) is 27.7 Å². The second kappa shape index (κ2) is 4.68. The fraction of sp³-hybridized carbons (Fsp3) is 0.467. The first-order chi connectivity index (χ1) is 13.1. The van der Waals surface area contributed by atoms with Gasteiger partial charge in [0.1, 0.15) is 0 Å². The zero-order chi connectivity index (χ0) is 22.1. The van der Waals surface area contributed by atoms with E-state index >= 15 is 0 Å². The molecule has 3 rings (SSSR count). The third-order valence-corrected chi connectivity index (χ3v) is 3.75. The van der Waals surface area contributed by atoms with E-state index in [2.05, 4.69) is 10.1 Å². The molecule has 0 unspecified atom stereocenters. The number of rotatable bonds is 2. The third-order valence-electron chi connectivity index (χ3n) is 3.75. The van der Waals surface area contributed by atoms with Crippen molar-refractivity contribution in [1.29, 1.82) is 0 Å². The van der Waals surface area contributed by atoms with Gasteiger partial charge >= 0.3 is 7.12 Å². The van der Waals surface area contributed by atoms with Gasteiger partial charge in [0.25, 0.3) is 0 Å². The van der Waals surface area contributed by atoms with Crippen LogP contribution in [0.5, 0.6) is 0 Å². The molecule has 0 N–H and O–H groups in total. The summed E-state index contributed by atoms with van der Waals surface area (Å²) < 4.78 is 75.3. The summed E-state index contributed by atoms with van der Waals surface area (Å²) in [5.41, 5.74) is -2.14. The Hall–Kier alpha value is -1.66. The Morgan fingerprint density at radius 2 is 1.95 bits per heavy atom. The molecule has 0 amide bonds. The van der Waals surface area contributed by atoms with E-state index in [1.54, 1.807) is 0 Å². The van der Waals surface area contributed by atoms with E-state index in [0.717, 1.165) is 4.68 Å². The van der Waals surface area contributed by atoms with Gasteiger partial charge in [-0.2, -0.15) is 5.10 Å². The fourth-order valence-corrected chi connectivity index (χ4v) is 1.84. The predicted molar refractivity (Wildman–Crippen MR) is 81.8 cm³/mol. The van der Waals surface area contributed by atoms with Gasteiger partial charge in [-0.05, 0) is 52.2 Å². The molecule has 0 spiro atoms. The first-order valence-corrected chi connectivity index (χ1v) is 6.49. The highest BCUT2D eigenvalue weighted by Crippen LogP contribution is 2.36. The lowest BCUT2D eigenvalue weighted by atomic mass is 9.84. The first kappa shape index (κ1) is 7.56. The number of hydrogen-bond acceptors (Lipinski definition) is 4. The standard InChI is InChI=1S/C15H20BN3O2/c1-11-9-17-19(10-11)13-8-6-7-12(18-13)16-20-14(2,3)15(4,5)21-16/h6-10H,1-5H3/i1D3,6D,7D,8D,9D,10D. The molecule has 6 heteroatoms. The molecule has 110 valence electrons. The van der Waals surface area contributed by atoms with Crippen LogP contribution in [0.25, 0.3) is 5.82 Å². The van der Waals surface area contributed by atoms with Crippen molar-refractivity contribution in [1.82, 2.24) is 14.8 Å². The molecule has 5 nitrogen and oxygen atoms in total. The summed E-state index contributed by atoms with van der Waals surface area (Å²) in [7, 11) is -1.10. The van der Waals surface area contributed by atoms with E-state index in [1.165, 1.54) is 0 Å². The maximum atomic E-state index is 8.19. The van der Waals surface area contributed by atoms with E-state index in [9.17, 15) is 0 Å². The highest BCUT2D eigenvalue weighted by molar-refractivity contribution is 6.61. The predicted octanol–water partition coefficient (Wildman–Crippen LogP) is 1.87. The minimum Gasteiger partial charge on any atom is -0.398 e. The lowest BCUT2D eigenvalue weighted by molar-refractivity contribution is 0.00578. The monoisotopic (exact) mass is 293 g/mol. The van der Waals surface area contributed by atoms with Gasteiger partial charge < -0.3 is 9.31 Å². The molecule has 0 radical (unpaired) electrons. The average molecular weight is 293 g/mol. The van der Waals surface area contributed by atoms with Crippen molar-refractivity contribution in [2.45, 2.75) is 45.7 Å². The molecule has 3 heterocycles. The Morgan fingerprint density at radius 3 is 2.57 bits per heavy atom. The molecule has 2 aromatic rings. The summed E-state index contributed by atoms with van der Waals surface area (Å²) in [5.74, 6) is -0.343. The van der Waals surface area contributed by atoms with Crippen molar-refractivity contribution in [2.75, 3.05) is 0 Å². The molecular formula is C15H20BN3O2. The first-order valence-electron chi connectivity index (χ1n) is 10.5. The van der Waals surface area contributed by atoms with Gasteiger partial charge in [0.05, 0.1) is 29.8 Å². The Labute approximate surface area is 136 Å². The van der Waals surface area contributed by atoms with Gasteiger partial charge in [-0.25, -0.2) is 9.67 Å².